The predicted molar refractivity (Wildman–Crippen MR) is 181 cm³/mol. The Labute approximate surface area is 272 Å². The number of hydrogen-bond donors (Lipinski definition) is 3. The van der Waals surface area contributed by atoms with Crippen molar-refractivity contribution in [3.05, 3.63) is 53.1 Å². The van der Waals surface area contributed by atoms with E-state index in [1.165, 1.54) is 7.11 Å². The van der Waals surface area contributed by atoms with Crippen LogP contribution in [-0.4, -0.2) is 50.6 Å². The third kappa shape index (κ3) is 7.81. The molecular formula is C37H47N3O6. The molecule has 9 nitrogen and oxygen atoms in total. The van der Waals surface area contributed by atoms with Gasteiger partial charge in [-0.15, -0.1) is 0 Å². The smallest absolute Gasteiger partial charge is 0.167 e. The van der Waals surface area contributed by atoms with E-state index in [9.17, 15) is 15.3 Å². The Morgan fingerprint density at radius 2 is 0.848 bits per heavy atom. The average Bonchev–Trinajstić information content (AvgIpc) is 3.05. The van der Waals surface area contributed by atoms with Crippen LogP contribution >= 0.6 is 0 Å². The van der Waals surface area contributed by atoms with Crippen LogP contribution in [-0.2, 0) is 0 Å². The predicted octanol–water partition coefficient (Wildman–Crippen LogP) is 8.84. The van der Waals surface area contributed by atoms with Gasteiger partial charge in [-0.05, 0) is 70.0 Å². The molecule has 1 heterocycles. The van der Waals surface area contributed by atoms with Gasteiger partial charge in [0.2, 0.25) is 0 Å². The maximum absolute atomic E-state index is 11.3. The fourth-order valence-electron chi connectivity index (χ4n) is 5.28. The molecule has 0 spiro atoms. The maximum atomic E-state index is 11.3. The molecule has 9 heteroatoms. The summed E-state index contributed by atoms with van der Waals surface area (Å²) in [6.45, 7) is 10.8. The Morgan fingerprint density at radius 3 is 1.20 bits per heavy atom. The van der Waals surface area contributed by atoms with E-state index < -0.39 is 0 Å². The number of nitrogens with zero attached hydrogens (tertiary/aromatic N) is 3. The van der Waals surface area contributed by atoms with Crippen molar-refractivity contribution in [2.24, 2.45) is 0 Å². The van der Waals surface area contributed by atoms with Crippen LogP contribution in [0.1, 0.15) is 81.9 Å². The monoisotopic (exact) mass is 629 g/mol. The van der Waals surface area contributed by atoms with Crippen LogP contribution in [0.3, 0.4) is 0 Å². The lowest BCUT2D eigenvalue weighted by molar-refractivity contribution is 0.301. The number of benzene rings is 3. The number of rotatable bonds is 16. The molecule has 0 radical (unpaired) electrons. The Kier molecular flexibility index (Phi) is 12.1. The van der Waals surface area contributed by atoms with E-state index in [4.69, 9.17) is 19.2 Å². The van der Waals surface area contributed by atoms with Crippen LogP contribution < -0.4 is 14.2 Å². The van der Waals surface area contributed by atoms with Crippen molar-refractivity contribution in [2.45, 2.75) is 86.0 Å². The van der Waals surface area contributed by atoms with Crippen molar-refractivity contribution in [3.63, 3.8) is 0 Å². The topological polar surface area (TPSA) is 127 Å². The zero-order valence-electron chi connectivity index (χ0n) is 27.9. The largest absolute Gasteiger partial charge is 0.507 e. The fourth-order valence-corrected chi connectivity index (χ4v) is 5.28. The molecule has 0 saturated heterocycles. The lowest BCUT2D eigenvalue weighted by Crippen LogP contribution is -2.03. The summed E-state index contributed by atoms with van der Waals surface area (Å²) in [5.74, 6) is 2.16. The van der Waals surface area contributed by atoms with Gasteiger partial charge in [-0.1, -0.05) is 52.4 Å². The van der Waals surface area contributed by atoms with E-state index in [-0.39, 0.29) is 34.7 Å². The minimum atomic E-state index is -0.0399. The maximum Gasteiger partial charge on any atom is 0.167 e. The second-order valence-corrected chi connectivity index (χ2v) is 11.6. The number of methoxy groups -OCH3 is 1. The number of hydrogen-bond acceptors (Lipinski definition) is 9. The van der Waals surface area contributed by atoms with Gasteiger partial charge in [0.1, 0.15) is 34.5 Å². The van der Waals surface area contributed by atoms with E-state index >= 15 is 0 Å². The number of phenolic OH excluding ortho intramolecular Hbond substituents is 3. The van der Waals surface area contributed by atoms with Gasteiger partial charge in [-0.3, -0.25) is 0 Å². The fraction of sp³-hybridized carbons (Fsp3) is 0.432. The number of ether oxygens (including phenoxy) is 3. The van der Waals surface area contributed by atoms with Crippen LogP contribution in [0.15, 0.2) is 36.4 Å². The molecule has 3 aromatic carbocycles. The van der Waals surface area contributed by atoms with Gasteiger partial charge >= 0.3 is 0 Å². The highest BCUT2D eigenvalue weighted by Crippen LogP contribution is 2.41. The van der Waals surface area contributed by atoms with Crippen molar-refractivity contribution in [3.8, 4) is 68.7 Å². The van der Waals surface area contributed by atoms with E-state index in [0.717, 1.165) is 51.4 Å². The number of aromatic hydroxyl groups is 3. The van der Waals surface area contributed by atoms with Crippen LogP contribution in [0.25, 0.3) is 34.2 Å². The zero-order chi connectivity index (χ0) is 33.2. The number of unbranched alkanes of at least 4 members (excludes halogenated alkanes) is 6. The van der Waals surface area contributed by atoms with Crippen molar-refractivity contribution >= 4 is 0 Å². The van der Waals surface area contributed by atoms with Crippen LogP contribution in [0, 0.1) is 20.8 Å². The molecule has 0 aliphatic heterocycles. The highest BCUT2D eigenvalue weighted by molar-refractivity contribution is 5.77. The van der Waals surface area contributed by atoms with Gasteiger partial charge in [-0.25, -0.2) is 15.0 Å². The molecule has 0 amide bonds. The highest BCUT2D eigenvalue weighted by Gasteiger charge is 2.22. The summed E-state index contributed by atoms with van der Waals surface area (Å²) in [7, 11) is 1.54. The van der Waals surface area contributed by atoms with E-state index in [0.29, 0.717) is 63.8 Å². The van der Waals surface area contributed by atoms with E-state index in [2.05, 4.69) is 23.8 Å². The molecule has 3 N–H and O–H groups in total. The molecule has 0 aliphatic rings. The molecular weight excluding hydrogens is 582 g/mol. The van der Waals surface area contributed by atoms with Gasteiger partial charge in [0.05, 0.1) is 37.0 Å². The summed E-state index contributed by atoms with van der Waals surface area (Å²) < 4.78 is 17.3. The molecule has 4 rings (SSSR count). The first kappa shape index (κ1) is 34.3. The summed E-state index contributed by atoms with van der Waals surface area (Å²) in [4.78, 5) is 14.1. The van der Waals surface area contributed by atoms with Gasteiger partial charge in [0.15, 0.2) is 17.5 Å². The van der Waals surface area contributed by atoms with E-state index in [1.807, 2.05) is 0 Å². The third-order valence-electron chi connectivity index (χ3n) is 8.23. The molecule has 1 aromatic heterocycles. The molecule has 0 bridgehead atoms. The first-order chi connectivity index (χ1) is 22.2. The molecule has 0 atom stereocenters. The Hall–Kier alpha value is -4.53. The average molecular weight is 630 g/mol. The molecule has 4 aromatic rings. The van der Waals surface area contributed by atoms with Gasteiger partial charge in [0, 0.05) is 16.7 Å². The SMILES string of the molecule is CCCCCCOc1ccc(-c2nc(-c3ccc(OC)c(C)c3O)nc(-c3ccc(OCCCCCC)c(C)c3O)n2)c(O)c1C. The summed E-state index contributed by atoms with van der Waals surface area (Å²) in [5.41, 5.74) is 2.76. The van der Waals surface area contributed by atoms with Gasteiger partial charge in [-0.2, -0.15) is 0 Å². The highest BCUT2D eigenvalue weighted by atomic mass is 16.5. The first-order valence-electron chi connectivity index (χ1n) is 16.3. The Morgan fingerprint density at radius 1 is 0.500 bits per heavy atom. The lowest BCUT2D eigenvalue weighted by Gasteiger charge is -2.16. The quantitative estimate of drug-likeness (QED) is 0.104. The van der Waals surface area contributed by atoms with Gasteiger partial charge < -0.3 is 29.5 Å². The van der Waals surface area contributed by atoms with Crippen LogP contribution in [0.5, 0.6) is 34.5 Å². The minimum Gasteiger partial charge on any atom is -0.507 e. The molecule has 246 valence electrons. The Balaban J connectivity index is 1.78. The summed E-state index contributed by atoms with van der Waals surface area (Å²) >= 11 is 0. The summed E-state index contributed by atoms with van der Waals surface area (Å²) in [6.07, 6.45) is 8.66. The molecule has 0 aliphatic carbocycles. The van der Waals surface area contributed by atoms with Crippen LogP contribution in [0.4, 0.5) is 0 Å². The summed E-state index contributed by atoms with van der Waals surface area (Å²) in [5, 5.41) is 33.8. The van der Waals surface area contributed by atoms with Crippen LogP contribution in [0.2, 0.25) is 0 Å². The lowest BCUT2D eigenvalue weighted by atomic mass is 10.1. The second kappa shape index (κ2) is 16.2. The van der Waals surface area contributed by atoms with E-state index in [1.54, 1.807) is 57.2 Å². The van der Waals surface area contributed by atoms with Crippen molar-refractivity contribution in [1.82, 2.24) is 15.0 Å². The third-order valence-corrected chi connectivity index (χ3v) is 8.23. The number of phenols is 3. The zero-order valence-corrected chi connectivity index (χ0v) is 27.9. The number of aromatic nitrogens is 3. The summed E-state index contributed by atoms with van der Waals surface area (Å²) in [6, 6.07) is 10.4. The normalized spacial score (nSPS) is 11.1. The Bertz CT molecular complexity index is 1550. The molecule has 46 heavy (non-hydrogen) atoms. The van der Waals surface area contributed by atoms with Gasteiger partial charge in [0.25, 0.3) is 0 Å². The molecule has 0 saturated carbocycles. The molecule has 0 unspecified atom stereocenters. The van der Waals surface area contributed by atoms with Crippen molar-refractivity contribution in [1.29, 1.82) is 0 Å². The van der Waals surface area contributed by atoms with Crippen molar-refractivity contribution in [2.75, 3.05) is 20.3 Å². The van der Waals surface area contributed by atoms with Crippen molar-refractivity contribution < 1.29 is 29.5 Å². The minimum absolute atomic E-state index is 0.0171. The standard InChI is InChI=1S/C37H47N3O6/c1-7-9-11-13-21-45-30-19-16-27(33(42)24(30)4)36-38-35(26-15-18-29(44-6)23(3)32(26)41)39-37(40-36)28-17-20-31(25(5)34(28)43)46-22-14-12-10-8-2/h15-20,41-43H,7-14,21-22H2,1-6H3. The first-order valence-corrected chi connectivity index (χ1v) is 16.3. The second-order valence-electron chi connectivity index (χ2n) is 11.6. The molecule has 0 fully saturated rings.